The van der Waals surface area contributed by atoms with E-state index >= 15 is 0 Å². The predicted octanol–water partition coefficient (Wildman–Crippen LogP) is 1.57. The molecule has 1 saturated heterocycles. The molecule has 2 aromatic heterocycles. The monoisotopic (exact) mass is 258 g/mol. The van der Waals surface area contributed by atoms with Crippen molar-refractivity contribution in [2.24, 2.45) is 0 Å². The van der Waals surface area contributed by atoms with Gasteiger partial charge >= 0.3 is 0 Å². The third kappa shape index (κ3) is 2.38. The minimum absolute atomic E-state index is 0.563. The number of hydrogen-bond acceptors (Lipinski definition) is 4. The number of nitrogens with zero attached hydrogens (tertiary/aromatic N) is 4. The fourth-order valence-corrected chi connectivity index (χ4v) is 2.86. The molecule has 0 bridgehead atoms. The minimum Gasteiger partial charge on any atom is -0.300 e. The Bertz CT molecular complexity index is 592. The molecule has 100 valence electrons. The number of rotatable bonds is 4. The standard InChI is InChI=1S/C14H18N4O/c1-2-17-6-3-4-12(17)9-13-15-14-8-11(10-19)5-7-18(14)16-13/h5,7-8,10,12H,2-4,6,9H2,1H3. The van der Waals surface area contributed by atoms with Gasteiger partial charge in [-0.25, -0.2) is 9.50 Å². The van der Waals surface area contributed by atoms with Crippen LogP contribution in [-0.2, 0) is 6.42 Å². The third-order valence-electron chi connectivity index (χ3n) is 3.86. The zero-order valence-corrected chi connectivity index (χ0v) is 11.1. The van der Waals surface area contributed by atoms with E-state index in [1.54, 1.807) is 22.8 Å². The van der Waals surface area contributed by atoms with Gasteiger partial charge in [-0.2, -0.15) is 5.10 Å². The number of hydrogen-bond donors (Lipinski definition) is 0. The number of fused-ring (bicyclic) bond motifs is 1. The Kier molecular flexibility index (Phi) is 3.29. The Morgan fingerprint density at radius 1 is 1.53 bits per heavy atom. The van der Waals surface area contributed by atoms with Crippen LogP contribution in [0.15, 0.2) is 18.3 Å². The van der Waals surface area contributed by atoms with Crippen LogP contribution in [0, 0.1) is 0 Å². The third-order valence-corrected chi connectivity index (χ3v) is 3.86. The minimum atomic E-state index is 0.563. The summed E-state index contributed by atoms with van der Waals surface area (Å²) in [7, 11) is 0. The molecule has 0 aliphatic carbocycles. The van der Waals surface area contributed by atoms with E-state index in [1.807, 2.05) is 0 Å². The fourth-order valence-electron chi connectivity index (χ4n) is 2.86. The van der Waals surface area contributed by atoms with E-state index in [2.05, 4.69) is 21.9 Å². The van der Waals surface area contributed by atoms with Crippen molar-refractivity contribution in [3.63, 3.8) is 0 Å². The molecular weight excluding hydrogens is 240 g/mol. The summed E-state index contributed by atoms with van der Waals surface area (Å²) in [5, 5.41) is 4.48. The SMILES string of the molecule is CCN1CCCC1Cc1nc2cc(C=O)ccn2n1. The summed E-state index contributed by atoms with van der Waals surface area (Å²) in [4.78, 5) is 17.8. The summed E-state index contributed by atoms with van der Waals surface area (Å²) in [5.41, 5.74) is 1.39. The first kappa shape index (κ1) is 12.3. The number of carbonyl (C=O) groups excluding carboxylic acids is 1. The normalized spacial score (nSPS) is 20.2. The van der Waals surface area contributed by atoms with E-state index in [0.29, 0.717) is 11.6 Å². The lowest BCUT2D eigenvalue weighted by atomic mass is 10.1. The Balaban J connectivity index is 1.83. The van der Waals surface area contributed by atoms with E-state index in [4.69, 9.17) is 0 Å². The quantitative estimate of drug-likeness (QED) is 0.781. The largest absolute Gasteiger partial charge is 0.300 e. The van der Waals surface area contributed by atoms with Crippen LogP contribution in [0.25, 0.3) is 5.65 Å². The zero-order chi connectivity index (χ0) is 13.2. The van der Waals surface area contributed by atoms with Crippen LogP contribution in [0.4, 0.5) is 0 Å². The van der Waals surface area contributed by atoms with Gasteiger partial charge in [-0.05, 0) is 38.1 Å². The molecule has 1 atom stereocenters. The first-order valence-corrected chi connectivity index (χ1v) is 6.84. The van der Waals surface area contributed by atoms with Crippen LogP contribution in [0.1, 0.15) is 35.9 Å². The molecule has 1 aliphatic rings. The molecule has 0 aromatic carbocycles. The molecule has 0 amide bonds. The van der Waals surface area contributed by atoms with Gasteiger partial charge in [0.25, 0.3) is 0 Å². The Morgan fingerprint density at radius 3 is 3.21 bits per heavy atom. The van der Waals surface area contributed by atoms with Crippen molar-refractivity contribution in [1.29, 1.82) is 0 Å². The molecule has 0 N–H and O–H groups in total. The molecular formula is C14H18N4O. The number of likely N-dealkylation sites (N-methyl/N-ethyl adjacent to an activating group) is 1. The first-order valence-electron chi connectivity index (χ1n) is 6.84. The average Bonchev–Trinajstić information content (AvgIpc) is 3.03. The summed E-state index contributed by atoms with van der Waals surface area (Å²) in [5.74, 6) is 0.869. The van der Waals surface area contributed by atoms with Crippen molar-refractivity contribution in [2.75, 3.05) is 13.1 Å². The van der Waals surface area contributed by atoms with Crippen molar-refractivity contribution in [1.82, 2.24) is 19.5 Å². The number of likely N-dealkylation sites (tertiary alicyclic amines) is 1. The fraction of sp³-hybridized carbons (Fsp3) is 0.500. The Labute approximate surface area is 112 Å². The lowest BCUT2D eigenvalue weighted by Crippen LogP contribution is -2.31. The Hall–Kier alpha value is -1.75. The highest BCUT2D eigenvalue weighted by Gasteiger charge is 2.24. The number of aromatic nitrogens is 3. The average molecular weight is 258 g/mol. The molecule has 0 spiro atoms. The van der Waals surface area contributed by atoms with E-state index in [9.17, 15) is 4.79 Å². The molecule has 19 heavy (non-hydrogen) atoms. The molecule has 1 fully saturated rings. The van der Waals surface area contributed by atoms with E-state index in [0.717, 1.165) is 30.7 Å². The van der Waals surface area contributed by atoms with Gasteiger partial charge in [0, 0.05) is 24.2 Å². The maximum atomic E-state index is 10.8. The molecule has 5 nitrogen and oxygen atoms in total. The van der Waals surface area contributed by atoms with Gasteiger partial charge in [-0.1, -0.05) is 6.92 Å². The highest BCUT2D eigenvalue weighted by atomic mass is 16.1. The molecule has 1 unspecified atom stereocenters. The topological polar surface area (TPSA) is 50.5 Å². The summed E-state index contributed by atoms with van der Waals surface area (Å²) >= 11 is 0. The van der Waals surface area contributed by atoms with Crippen molar-refractivity contribution in [2.45, 2.75) is 32.2 Å². The van der Waals surface area contributed by atoms with Gasteiger partial charge in [0.2, 0.25) is 0 Å². The first-order chi connectivity index (χ1) is 9.30. The van der Waals surface area contributed by atoms with E-state index in [1.165, 1.54) is 19.4 Å². The molecule has 3 rings (SSSR count). The highest BCUT2D eigenvalue weighted by Crippen LogP contribution is 2.19. The van der Waals surface area contributed by atoms with Crippen molar-refractivity contribution >= 4 is 11.9 Å². The predicted molar refractivity (Wildman–Crippen MR) is 72.3 cm³/mol. The molecule has 3 heterocycles. The second-order valence-electron chi connectivity index (χ2n) is 5.04. The molecule has 5 heteroatoms. The lowest BCUT2D eigenvalue weighted by Gasteiger charge is -2.21. The maximum Gasteiger partial charge on any atom is 0.156 e. The van der Waals surface area contributed by atoms with Crippen molar-refractivity contribution < 1.29 is 4.79 Å². The second-order valence-corrected chi connectivity index (χ2v) is 5.04. The molecule has 1 aliphatic heterocycles. The zero-order valence-electron chi connectivity index (χ0n) is 11.1. The smallest absolute Gasteiger partial charge is 0.156 e. The molecule has 0 radical (unpaired) electrons. The molecule has 0 saturated carbocycles. The highest BCUT2D eigenvalue weighted by molar-refractivity contribution is 5.76. The van der Waals surface area contributed by atoms with Gasteiger partial charge in [-0.15, -0.1) is 0 Å². The van der Waals surface area contributed by atoms with Gasteiger partial charge < -0.3 is 4.90 Å². The van der Waals surface area contributed by atoms with Crippen molar-refractivity contribution in [3.8, 4) is 0 Å². The maximum absolute atomic E-state index is 10.8. The van der Waals surface area contributed by atoms with Gasteiger partial charge in [-0.3, -0.25) is 4.79 Å². The van der Waals surface area contributed by atoms with E-state index < -0.39 is 0 Å². The summed E-state index contributed by atoms with van der Waals surface area (Å²) < 4.78 is 1.74. The second kappa shape index (κ2) is 5.09. The van der Waals surface area contributed by atoms with Crippen LogP contribution in [0.2, 0.25) is 0 Å². The molecule has 2 aromatic rings. The van der Waals surface area contributed by atoms with Crippen LogP contribution in [-0.4, -0.2) is 44.9 Å². The van der Waals surface area contributed by atoms with Crippen LogP contribution < -0.4 is 0 Å². The van der Waals surface area contributed by atoms with E-state index in [-0.39, 0.29) is 0 Å². The van der Waals surface area contributed by atoms with Crippen LogP contribution in [0.3, 0.4) is 0 Å². The Morgan fingerprint density at radius 2 is 2.42 bits per heavy atom. The van der Waals surface area contributed by atoms with Gasteiger partial charge in [0.05, 0.1) is 0 Å². The van der Waals surface area contributed by atoms with Gasteiger partial charge in [0.15, 0.2) is 11.5 Å². The van der Waals surface area contributed by atoms with Crippen LogP contribution in [0.5, 0.6) is 0 Å². The summed E-state index contributed by atoms with van der Waals surface area (Å²) in [6.45, 7) is 4.48. The number of pyridine rings is 1. The summed E-state index contributed by atoms with van der Waals surface area (Å²) in [6.07, 6.45) is 6.02. The lowest BCUT2D eigenvalue weighted by molar-refractivity contribution is 0.112. The van der Waals surface area contributed by atoms with Crippen molar-refractivity contribution in [3.05, 3.63) is 29.7 Å². The summed E-state index contributed by atoms with van der Waals surface area (Å²) in [6, 6.07) is 4.09. The van der Waals surface area contributed by atoms with Gasteiger partial charge in [0.1, 0.15) is 6.29 Å². The van der Waals surface area contributed by atoms with Crippen LogP contribution >= 0.6 is 0 Å². The number of carbonyl (C=O) groups is 1. The number of aldehydes is 1.